The van der Waals surface area contributed by atoms with Gasteiger partial charge in [0.05, 0.1) is 20.3 Å². The zero-order chi connectivity index (χ0) is 35.2. The number of hydrogen-bond donors (Lipinski definition) is 1. The van der Waals surface area contributed by atoms with Gasteiger partial charge < -0.3 is 9.47 Å². The Kier molecular flexibility index (Phi) is 9.14. The van der Waals surface area contributed by atoms with Gasteiger partial charge in [0, 0.05) is 58.5 Å². The molecular weight excluding hydrogens is 702 g/mol. The van der Waals surface area contributed by atoms with Crippen molar-refractivity contribution in [2.75, 3.05) is 33.4 Å². The van der Waals surface area contributed by atoms with E-state index < -0.39 is 20.7 Å². The highest BCUT2D eigenvalue weighted by atomic mass is 35.5. The number of nitrogens with one attached hydrogen (secondary N) is 1. The SMILES string of the molecule is COc1ccc(CNC2(c3cnc(-c4ccnc5c4ccn5S(=O)(=O)C4(C)C=C(Cl)C=CC4c4ccc(CN5CCCC5)cc4)s3)COC2)cc1. The standard InChI is InChI=1S/C39H40ClN5O4S2/c1-38(21-30(40)11-14-34(38)29-9-5-28(6-10-29)24-44-18-3-4-19-44)51(46,47)45-20-16-32-33(15-17-41-36(32)45)37-42-23-35(50-37)39(25-49-26-39)43-22-27-7-12-31(48-2)13-8-27/h5-17,20-21,23,34,43H,3-4,18-19,22,24-26H2,1-2H3. The molecule has 0 spiro atoms. The Balaban J connectivity index is 1.08. The zero-order valence-electron chi connectivity index (χ0n) is 28.6. The van der Waals surface area contributed by atoms with E-state index in [0.29, 0.717) is 35.8 Å². The molecule has 0 saturated carbocycles. The van der Waals surface area contributed by atoms with E-state index in [9.17, 15) is 8.42 Å². The first-order chi connectivity index (χ1) is 24.7. The number of nitrogens with zero attached hydrogens (tertiary/aromatic N) is 4. The van der Waals surface area contributed by atoms with Gasteiger partial charge in [-0.3, -0.25) is 10.2 Å². The van der Waals surface area contributed by atoms with Crippen LogP contribution in [0.15, 0.2) is 103 Å². The Labute approximate surface area is 307 Å². The maximum atomic E-state index is 14.8. The average Bonchev–Trinajstić information content (AvgIpc) is 3.91. The molecule has 3 aliphatic rings. The maximum Gasteiger partial charge on any atom is 0.250 e. The molecule has 0 bridgehead atoms. The first-order valence-corrected chi connectivity index (χ1v) is 19.8. The Morgan fingerprint density at radius 2 is 1.76 bits per heavy atom. The topological polar surface area (TPSA) is 98.6 Å². The van der Waals surface area contributed by atoms with Crippen molar-refractivity contribution in [2.24, 2.45) is 0 Å². The fraction of sp³-hybridized carbons (Fsp3) is 0.333. The summed E-state index contributed by atoms with van der Waals surface area (Å²) in [6, 6.07) is 20.0. The van der Waals surface area contributed by atoms with E-state index in [4.69, 9.17) is 26.1 Å². The number of allylic oxidation sites excluding steroid dienone is 3. The van der Waals surface area contributed by atoms with E-state index in [-0.39, 0.29) is 5.54 Å². The summed E-state index contributed by atoms with van der Waals surface area (Å²) in [5, 5.41) is 5.57. The fourth-order valence-electron chi connectivity index (χ4n) is 7.38. The van der Waals surface area contributed by atoms with Crippen molar-refractivity contribution in [2.45, 2.75) is 49.1 Å². The van der Waals surface area contributed by atoms with Gasteiger partial charge in [-0.15, -0.1) is 11.3 Å². The van der Waals surface area contributed by atoms with E-state index in [2.05, 4.69) is 39.5 Å². The van der Waals surface area contributed by atoms with Crippen molar-refractivity contribution in [3.8, 4) is 16.3 Å². The third-order valence-electron chi connectivity index (χ3n) is 10.5. The number of rotatable bonds is 11. The second-order valence-electron chi connectivity index (χ2n) is 13.8. The van der Waals surface area contributed by atoms with Crippen molar-refractivity contribution in [1.82, 2.24) is 24.2 Å². The number of benzene rings is 2. The minimum absolute atomic E-state index is 0.351. The van der Waals surface area contributed by atoms with Gasteiger partial charge in [0.25, 0.3) is 0 Å². The number of likely N-dealkylation sites (tertiary alicyclic amines) is 1. The molecule has 2 unspecified atom stereocenters. The predicted molar refractivity (Wildman–Crippen MR) is 203 cm³/mol. The number of aromatic nitrogens is 3. The van der Waals surface area contributed by atoms with E-state index in [1.165, 1.54) is 22.4 Å². The van der Waals surface area contributed by atoms with Crippen molar-refractivity contribution >= 4 is 44.0 Å². The second kappa shape index (κ2) is 13.6. The number of thiazole rings is 1. The maximum absolute atomic E-state index is 14.8. The highest BCUT2D eigenvalue weighted by Gasteiger charge is 2.47. The van der Waals surface area contributed by atoms with Crippen LogP contribution in [0.4, 0.5) is 0 Å². The summed E-state index contributed by atoms with van der Waals surface area (Å²) in [5.74, 6) is 0.361. The molecule has 5 heterocycles. The zero-order valence-corrected chi connectivity index (χ0v) is 31.0. The summed E-state index contributed by atoms with van der Waals surface area (Å²) in [7, 11) is -2.41. The highest BCUT2D eigenvalue weighted by Crippen LogP contribution is 2.44. The van der Waals surface area contributed by atoms with Crippen LogP contribution in [-0.4, -0.2) is 65.4 Å². The Hall–Kier alpha value is -3.84. The first kappa shape index (κ1) is 34.3. The lowest BCUT2D eigenvalue weighted by Crippen LogP contribution is -2.56. The summed E-state index contributed by atoms with van der Waals surface area (Å²) in [6.07, 6.45) is 13.0. The minimum atomic E-state index is -4.07. The molecule has 2 aromatic carbocycles. The number of halogens is 1. The van der Waals surface area contributed by atoms with Crippen LogP contribution in [0.25, 0.3) is 21.6 Å². The van der Waals surface area contributed by atoms with Crippen molar-refractivity contribution in [1.29, 1.82) is 0 Å². The minimum Gasteiger partial charge on any atom is -0.497 e. The van der Waals surface area contributed by atoms with E-state index in [1.54, 1.807) is 49.9 Å². The molecule has 2 fully saturated rings. The molecule has 1 aliphatic carbocycles. The van der Waals surface area contributed by atoms with Crippen LogP contribution in [0.2, 0.25) is 0 Å². The summed E-state index contributed by atoms with van der Waals surface area (Å²) in [4.78, 5) is 12.9. The van der Waals surface area contributed by atoms with E-state index in [1.807, 2.05) is 48.7 Å². The van der Waals surface area contributed by atoms with Crippen molar-refractivity contribution in [3.05, 3.63) is 124 Å². The molecule has 2 atom stereocenters. The molecule has 3 aromatic heterocycles. The highest BCUT2D eigenvalue weighted by molar-refractivity contribution is 7.91. The van der Waals surface area contributed by atoms with Gasteiger partial charge in [0.1, 0.15) is 21.0 Å². The Morgan fingerprint density at radius 1 is 1.02 bits per heavy atom. The molecule has 9 nitrogen and oxygen atoms in total. The Bertz CT molecular complexity index is 2220. The average molecular weight is 742 g/mol. The van der Waals surface area contributed by atoms with Crippen LogP contribution in [0.5, 0.6) is 5.75 Å². The first-order valence-electron chi connectivity index (χ1n) is 17.2. The fourth-order valence-corrected chi connectivity index (χ4v) is 10.7. The van der Waals surface area contributed by atoms with Gasteiger partial charge in [0.2, 0.25) is 10.0 Å². The third-order valence-corrected chi connectivity index (χ3v) is 14.3. The lowest BCUT2D eigenvalue weighted by Gasteiger charge is -2.41. The van der Waals surface area contributed by atoms with Crippen LogP contribution in [0.1, 0.15) is 47.3 Å². The van der Waals surface area contributed by atoms with Gasteiger partial charge in [-0.2, -0.15) is 0 Å². The molecular formula is C39H40ClN5O4S2. The van der Waals surface area contributed by atoms with E-state index in [0.717, 1.165) is 52.0 Å². The van der Waals surface area contributed by atoms with Gasteiger partial charge in [0.15, 0.2) is 5.65 Å². The Morgan fingerprint density at radius 3 is 2.47 bits per heavy atom. The molecule has 2 aliphatic heterocycles. The molecule has 12 heteroatoms. The molecule has 8 rings (SSSR count). The lowest BCUT2D eigenvalue weighted by atomic mass is 9.83. The molecule has 5 aromatic rings. The smallest absolute Gasteiger partial charge is 0.250 e. The van der Waals surface area contributed by atoms with Crippen molar-refractivity contribution < 1.29 is 17.9 Å². The number of methoxy groups -OCH3 is 1. The normalized spacial score (nSPS) is 21.9. The summed E-state index contributed by atoms with van der Waals surface area (Å²) < 4.78 is 40.5. The molecule has 0 radical (unpaired) electrons. The number of fused-ring (bicyclic) bond motifs is 1. The molecule has 1 N–H and O–H groups in total. The van der Waals surface area contributed by atoms with Crippen LogP contribution >= 0.6 is 22.9 Å². The third kappa shape index (κ3) is 6.23. The molecule has 51 heavy (non-hydrogen) atoms. The van der Waals surface area contributed by atoms with Gasteiger partial charge in [-0.25, -0.2) is 22.4 Å². The van der Waals surface area contributed by atoms with Crippen molar-refractivity contribution in [3.63, 3.8) is 0 Å². The quantitative estimate of drug-likeness (QED) is 0.152. The molecule has 0 amide bonds. The van der Waals surface area contributed by atoms with Crippen LogP contribution in [0, 0.1) is 0 Å². The monoisotopic (exact) mass is 741 g/mol. The lowest BCUT2D eigenvalue weighted by molar-refractivity contribution is -0.0778. The summed E-state index contributed by atoms with van der Waals surface area (Å²) in [5.41, 5.74) is 4.10. The van der Waals surface area contributed by atoms with Crippen LogP contribution in [0.3, 0.4) is 0 Å². The van der Waals surface area contributed by atoms with Crippen LogP contribution < -0.4 is 10.1 Å². The van der Waals surface area contributed by atoms with E-state index >= 15 is 0 Å². The second-order valence-corrected chi connectivity index (χ2v) is 17.5. The number of pyridine rings is 1. The molecule has 264 valence electrons. The molecule has 2 saturated heterocycles. The van der Waals surface area contributed by atoms with Gasteiger partial charge in [-0.1, -0.05) is 54.1 Å². The number of ether oxygens (including phenoxy) is 2. The largest absolute Gasteiger partial charge is 0.497 e. The van der Waals surface area contributed by atoms with Gasteiger partial charge >= 0.3 is 0 Å². The number of hydrogen-bond acceptors (Lipinski definition) is 9. The van der Waals surface area contributed by atoms with Gasteiger partial charge in [-0.05, 0) is 86.0 Å². The van der Waals surface area contributed by atoms with Crippen LogP contribution in [-0.2, 0) is 33.4 Å². The predicted octanol–water partition coefficient (Wildman–Crippen LogP) is 7.19. The summed E-state index contributed by atoms with van der Waals surface area (Å²) >= 11 is 8.12. The summed E-state index contributed by atoms with van der Waals surface area (Å²) in [6.45, 7) is 6.63.